The number of halogens is 1. The van der Waals surface area contributed by atoms with Crippen LogP contribution in [0.2, 0.25) is 0 Å². The molecule has 0 saturated heterocycles. The van der Waals surface area contributed by atoms with Gasteiger partial charge in [0, 0.05) is 5.56 Å². The molecular formula is C17H15BrO3. The standard InChI is InChI=1S/C17H15BrO3/c1-21-17(20)14(12-8-4-2-5-9-12)15(18)16(19)13-10-6-3-7-11-13/h2-11,14-15H,1H3. The molecule has 2 rings (SSSR count). The Hall–Kier alpha value is -1.94. The summed E-state index contributed by atoms with van der Waals surface area (Å²) in [6, 6.07) is 18.0. The number of rotatable bonds is 5. The molecule has 3 nitrogen and oxygen atoms in total. The maximum Gasteiger partial charge on any atom is 0.314 e. The zero-order valence-electron chi connectivity index (χ0n) is 11.5. The Kier molecular flexibility index (Phi) is 5.28. The molecule has 0 spiro atoms. The molecule has 2 unspecified atom stereocenters. The first-order chi connectivity index (χ1) is 10.1. The molecule has 21 heavy (non-hydrogen) atoms. The summed E-state index contributed by atoms with van der Waals surface area (Å²) >= 11 is 3.37. The van der Waals surface area contributed by atoms with Crippen LogP contribution in [-0.2, 0) is 9.53 Å². The minimum atomic E-state index is -0.677. The first-order valence-corrected chi connectivity index (χ1v) is 7.43. The van der Waals surface area contributed by atoms with Crippen molar-refractivity contribution >= 4 is 27.7 Å². The van der Waals surface area contributed by atoms with E-state index >= 15 is 0 Å². The van der Waals surface area contributed by atoms with Crippen molar-refractivity contribution in [3.8, 4) is 0 Å². The molecule has 0 aliphatic carbocycles. The van der Waals surface area contributed by atoms with Gasteiger partial charge in [0.05, 0.1) is 11.9 Å². The van der Waals surface area contributed by atoms with E-state index in [0.717, 1.165) is 5.56 Å². The van der Waals surface area contributed by atoms with Crippen molar-refractivity contribution in [2.75, 3.05) is 7.11 Å². The van der Waals surface area contributed by atoms with Crippen LogP contribution in [0.4, 0.5) is 0 Å². The lowest BCUT2D eigenvalue weighted by atomic mass is 9.91. The van der Waals surface area contributed by atoms with Crippen molar-refractivity contribution in [3.63, 3.8) is 0 Å². The SMILES string of the molecule is COC(=O)C(c1ccccc1)C(Br)C(=O)c1ccccc1. The highest BCUT2D eigenvalue weighted by Crippen LogP contribution is 2.29. The van der Waals surface area contributed by atoms with Crippen molar-refractivity contribution in [3.05, 3.63) is 71.8 Å². The molecule has 2 atom stereocenters. The van der Waals surface area contributed by atoms with Gasteiger partial charge in [-0.1, -0.05) is 76.6 Å². The molecule has 0 bridgehead atoms. The Balaban J connectivity index is 2.33. The largest absolute Gasteiger partial charge is 0.469 e. The van der Waals surface area contributed by atoms with Crippen LogP contribution in [0.1, 0.15) is 21.8 Å². The predicted molar refractivity (Wildman–Crippen MR) is 84.7 cm³/mol. The minimum Gasteiger partial charge on any atom is -0.469 e. The van der Waals surface area contributed by atoms with Crippen molar-refractivity contribution in [1.29, 1.82) is 0 Å². The van der Waals surface area contributed by atoms with Crippen LogP contribution in [0.15, 0.2) is 60.7 Å². The maximum atomic E-state index is 12.5. The average molecular weight is 347 g/mol. The van der Waals surface area contributed by atoms with Crippen LogP contribution in [0, 0.1) is 0 Å². The molecule has 4 heteroatoms. The van der Waals surface area contributed by atoms with E-state index in [1.807, 2.05) is 36.4 Å². The number of alkyl halides is 1. The number of hydrogen-bond acceptors (Lipinski definition) is 3. The molecule has 0 amide bonds. The van der Waals surface area contributed by atoms with Gasteiger partial charge in [-0.2, -0.15) is 0 Å². The van der Waals surface area contributed by atoms with E-state index in [2.05, 4.69) is 15.9 Å². The molecule has 0 radical (unpaired) electrons. The van der Waals surface area contributed by atoms with Gasteiger partial charge in [-0.15, -0.1) is 0 Å². The second kappa shape index (κ2) is 7.18. The zero-order valence-corrected chi connectivity index (χ0v) is 13.1. The van der Waals surface area contributed by atoms with Gasteiger partial charge in [-0.25, -0.2) is 0 Å². The number of ketones is 1. The second-order valence-electron chi connectivity index (χ2n) is 4.54. The van der Waals surface area contributed by atoms with Crippen LogP contribution in [0.3, 0.4) is 0 Å². The summed E-state index contributed by atoms with van der Waals surface area (Å²) < 4.78 is 4.85. The molecule has 0 heterocycles. The third-order valence-electron chi connectivity index (χ3n) is 3.22. The van der Waals surface area contributed by atoms with E-state index in [-0.39, 0.29) is 5.78 Å². The second-order valence-corrected chi connectivity index (χ2v) is 5.53. The minimum absolute atomic E-state index is 0.144. The van der Waals surface area contributed by atoms with Crippen LogP contribution in [0.25, 0.3) is 0 Å². The molecule has 0 N–H and O–H groups in total. The summed E-state index contributed by atoms with van der Waals surface area (Å²) in [6.07, 6.45) is 0. The predicted octanol–water partition coefficient (Wildman–Crippen LogP) is 3.59. The summed E-state index contributed by atoms with van der Waals surface area (Å²) in [5.41, 5.74) is 1.31. The third kappa shape index (κ3) is 3.58. The quantitative estimate of drug-likeness (QED) is 0.472. The van der Waals surface area contributed by atoms with Gasteiger partial charge in [-0.05, 0) is 5.56 Å². The molecule has 2 aromatic rings. The number of benzene rings is 2. The monoisotopic (exact) mass is 346 g/mol. The summed E-state index contributed by atoms with van der Waals surface area (Å²) in [6.45, 7) is 0. The molecule has 0 aromatic heterocycles. The summed E-state index contributed by atoms with van der Waals surface area (Å²) in [4.78, 5) is 23.9. The van der Waals surface area contributed by atoms with Crippen molar-refractivity contribution in [1.82, 2.24) is 0 Å². The smallest absolute Gasteiger partial charge is 0.314 e. The van der Waals surface area contributed by atoms with Crippen molar-refractivity contribution < 1.29 is 14.3 Å². The number of carbonyl (C=O) groups excluding carboxylic acids is 2. The summed E-state index contributed by atoms with van der Waals surface area (Å²) in [5, 5.41) is 0. The van der Waals surface area contributed by atoms with Gasteiger partial charge in [0.25, 0.3) is 0 Å². The van der Waals surface area contributed by atoms with E-state index in [1.54, 1.807) is 24.3 Å². The molecule has 0 aliphatic rings. The Morgan fingerprint density at radius 1 is 0.952 bits per heavy atom. The van der Waals surface area contributed by atoms with E-state index in [1.165, 1.54) is 7.11 Å². The van der Waals surface area contributed by atoms with Gasteiger partial charge in [-0.3, -0.25) is 9.59 Å². The Labute approximate surface area is 132 Å². The summed E-state index contributed by atoms with van der Waals surface area (Å²) in [7, 11) is 1.32. The third-order valence-corrected chi connectivity index (χ3v) is 4.16. The first kappa shape index (κ1) is 15.4. The number of carbonyl (C=O) groups is 2. The number of hydrogen-bond donors (Lipinski definition) is 0. The van der Waals surface area contributed by atoms with Crippen LogP contribution >= 0.6 is 15.9 Å². The lowest BCUT2D eigenvalue weighted by molar-refractivity contribution is -0.142. The Morgan fingerprint density at radius 2 is 1.48 bits per heavy atom. The normalized spacial score (nSPS) is 13.2. The van der Waals surface area contributed by atoms with Crippen LogP contribution < -0.4 is 0 Å². The lowest BCUT2D eigenvalue weighted by Gasteiger charge is -2.20. The molecule has 2 aromatic carbocycles. The number of methoxy groups -OCH3 is 1. The van der Waals surface area contributed by atoms with E-state index < -0.39 is 16.7 Å². The zero-order chi connectivity index (χ0) is 15.2. The number of Topliss-reactive ketones (excluding diaryl/α,β-unsaturated/α-hetero) is 1. The van der Waals surface area contributed by atoms with Gasteiger partial charge >= 0.3 is 5.97 Å². The highest BCUT2D eigenvalue weighted by atomic mass is 79.9. The molecule has 0 aliphatic heterocycles. The van der Waals surface area contributed by atoms with Crippen molar-refractivity contribution in [2.24, 2.45) is 0 Å². The Bertz CT molecular complexity index is 610. The fourth-order valence-electron chi connectivity index (χ4n) is 2.12. The van der Waals surface area contributed by atoms with Gasteiger partial charge in [0.15, 0.2) is 5.78 Å². The van der Waals surface area contributed by atoms with Crippen LogP contribution in [-0.4, -0.2) is 23.7 Å². The topological polar surface area (TPSA) is 43.4 Å². The molecule has 0 saturated carbocycles. The van der Waals surface area contributed by atoms with E-state index in [4.69, 9.17) is 4.74 Å². The van der Waals surface area contributed by atoms with Gasteiger partial charge in [0.2, 0.25) is 0 Å². The average Bonchev–Trinajstić information content (AvgIpc) is 2.55. The molecule has 0 fully saturated rings. The Morgan fingerprint density at radius 3 is 2.00 bits per heavy atom. The fraction of sp³-hybridized carbons (Fsp3) is 0.176. The highest BCUT2D eigenvalue weighted by Gasteiger charge is 2.34. The molecule has 108 valence electrons. The first-order valence-electron chi connectivity index (χ1n) is 6.51. The molecular weight excluding hydrogens is 332 g/mol. The fourth-order valence-corrected chi connectivity index (χ4v) is 2.91. The van der Waals surface area contributed by atoms with E-state index in [9.17, 15) is 9.59 Å². The number of esters is 1. The van der Waals surface area contributed by atoms with E-state index in [0.29, 0.717) is 5.56 Å². The number of ether oxygens (including phenoxy) is 1. The van der Waals surface area contributed by atoms with Gasteiger partial charge < -0.3 is 4.74 Å². The highest BCUT2D eigenvalue weighted by molar-refractivity contribution is 9.10. The van der Waals surface area contributed by atoms with Crippen molar-refractivity contribution in [2.45, 2.75) is 10.7 Å². The lowest BCUT2D eigenvalue weighted by Crippen LogP contribution is -2.29. The summed E-state index contributed by atoms with van der Waals surface area (Å²) in [5.74, 6) is -1.26. The maximum absolute atomic E-state index is 12.5. The van der Waals surface area contributed by atoms with Gasteiger partial charge in [0.1, 0.15) is 5.92 Å². The van der Waals surface area contributed by atoms with Crippen LogP contribution in [0.5, 0.6) is 0 Å².